The number of aryl methyl sites for hydroxylation is 1. The molecule has 0 unspecified atom stereocenters. The van der Waals surface area contributed by atoms with Gasteiger partial charge in [-0.1, -0.05) is 42.5 Å². The summed E-state index contributed by atoms with van der Waals surface area (Å²) in [4.78, 5) is 39.8. The van der Waals surface area contributed by atoms with E-state index in [1.807, 2.05) is 48.2 Å². The maximum atomic E-state index is 13.1. The Morgan fingerprint density at radius 3 is 2.50 bits per heavy atom. The zero-order valence-corrected chi connectivity index (χ0v) is 19.0. The minimum atomic E-state index is -0.439. The summed E-state index contributed by atoms with van der Waals surface area (Å²) in [7, 11) is 0. The topological polar surface area (TPSA) is 91.7 Å². The predicted octanol–water partition coefficient (Wildman–Crippen LogP) is 3.80. The summed E-state index contributed by atoms with van der Waals surface area (Å²) < 4.78 is 5.35. The molecule has 2 aromatic carbocycles. The maximum Gasteiger partial charge on any atom is 0.268 e. The third-order valence-electron chi connectivity index (χ3n) is 5.80. The molecular formula is C27H27N3O4. The molecule has 2 heterocycles. The summed E-state index contributed by atoms with van der Waals surface area (Å²) in [5, 5.41) is 5.62. The van der Waals surface area contributed by atoms with E-state index in [2.05, 4.69) is 10.6 Å². The van der Waals surface area contributed by atoms with Crippen molar-refractivity contribution < 1.29 is 18.8 Å². The molecule has 0 aliphatic carbocycles. The van der Waals surface area contributed by atoms with Crippen molar-refractivity contribution in [3.63, 3.8) is 0 Å². The van der Waals surface area contributed by atoms with Crippen LogP contribution in [0.3, 0.4) is 0 Å². The second-order valence-electron chi connectivity index (χ2n) is 8.21. The van der Waals surface area contributed by atoms with E-state index in [1.54, 1.807) is 24.3 Å². The number of hydrogen-bond acceptors (Lipinski definition) is 4. The smallest absolute Gasteiger partial charge is 0.268 e. The molecule has 1 aliphatic heterocycles. The number of rotatable bonds is 8. The molecule has 7 heteroatoms. The standard InChI is InChI=1S/C27H27N3O4/c1-19-8-2-5-12-23(19)26(32)29-24(16-22-11-7-15-34-22)27(33)28-17-20-9-3-4-10-21(20)18-30-14-6-13-25(30)31/h2-5,7-12,15-16H,6,13-14,17-18H2,1H3,(H,28,33)(H,29,32)/b24-16-. The van der Waals surface area contributed by atoms with Crippen molar-refractivity contribution in [2.75, 3.05) is 6.54 Å². The van der Waals surface area contributed by atoms with Gasteiger partial charge in [-0.3, -0.25) is 14.4 Å². The first kappa shape index (κ1) is 23.0. The molecule has 0 bridgehead atoms. The number of amides is 3. The van der Waals surface area contributed by atoms with Crippen molar-refractivity contribution in [1.82, 2.24) is 15.5 Å². The van der Waals surface area contributed by atoms with E-state index in [4.69, 9.17) is 4.42 Å². The molecule has 4 rings (SSSR count). The summed E-state index contributed by atoms with van der Waals surface area (Å²) in [6, 6.07) is 18.3. The number of carbonyl (C=O) groups excluding carboxylic acids is 3. The van der Waals surface area contributed by atoms with Crippen molar-refractivity contribution in [2.24, 2.45) is 0 Å². The Morgan fingerprint density at radius 1 is 1.03 bits per heavy atom. The zero-order valence-electron chi connectivity index (χ0n) is 19.0. The fourth-order valence-corrected chi connectivity index (χ4v) is 3.92. The van der Waals surface area contributed by atoms with Crippen LogP contribution in [0.15, 0.2) is 77.0 Å². The van der Waals surface area contributed by atoms with Crippen molar-refractivity contribution in [1.29, 1.82) is 0 Å². The van der Waals surface area contributed by atoms with Crippen molar-refractivity contribution >= 4 is 23.8 Å². The number of nitrogens with zero attached hydrogens (tertiary/aromatic N) is 1. The molecule has 3 aromatic rings. The molecule has 1 aromatic heterocycles. The largest absolute Gasteiger partial charge is 0.465 e. The molecule has 0 spiro atoms. The first-order valence-corrected chi connectivity index (χ1v) is 11.3. The quantitative estimate of drug-likeness (QED) is 0.504. The average Bonchev–Trinajstić information content (AvgIpc) is 3.50. The molecule has 0 saturated carbocycles. The lowest BCUT2D eigenvalue weighted by molar-refractivity contribution is -0.128. The van der Waals surface area contributed by atoms with Gasteiger partial charge in [-0.15, -0.1) is 0 Å². The third kappa shape index (κ3) is 5.61. The average molecular weight is 458 g/mol. The second-order valence-corrected chi connectivity index (χ2v) is 8.21. The highest BCUT2D eigenvalue weighted by atomic mass is 16.3. The van der Waals surface area contributed by atoms with Crippen LogP contribution in [0.5, 0.6) is 0 Å². The van der Waals surface area contributed by atoms with E-state index in [9.17, 15) is 14.4 Å². The number of likely N-dealkylation sites (tertiary alicyclic amines) is 1. The summed E-state index contributed by atoms with van der Waals surface area (Å²) >= 11 is 0. The van der Waals surface area contributed by atoms with Gasteiger partial charge in [0.25, 0.3) is 11.8 Å². The van der Waals surface area contributed by atoms with E-state index >= 15 is 0 Å². The minimum absolute atomic E-state index is 0.0791. The second kappa shape index (κ2) is 10.7. The van der Waals surface area contributed by atoms with Gasteiger partial charge in [0.2, 0.25) is 5.91 Å². The first-order valence-electron chi connectivity index (χ1n) is 11.3. The number of benzene rings is 2. The van der Waals surface area contributed by atoms with Gasteiger partial charge < -0.3 is 20.0 Å². The van der Waals surface area contributed by atoms with Crippen LogP contribution in [0.1, 0.15) is 45.7 Å². The van der Waals surface area contributed by atoms with Gasteiger partial charge >= 0.3 is 0 Å². The van der Waals surface area contributed by atoms with Gasteiger partial charge in [-0.25, -0.2) is 0 Å². The monoisotopic (exact) mass is 457 g/mol. The molecule has 0 atom stereocenters. The van der Waals surface area contributed by atoms with Crippen LogP contribution in [-0.4, -0.2) is 29.2 Å². The van der Waals surface area contributed by atoms with Crippen LogP contribution in [-0.2, 0) is 22.7 Å². The van der Waals surface area contributed by atoms with Crippen LogP contribution >= 0.6 is 0 Å². The van der Waals surface area contributed by atoms with E-state index in [1.165, 1.54) is 12.3 Å². The Balaban J connectivity index is 1.49. The van der Waals surface area contributed by atoms with Crippen LogP contribution in [0, 0.1) is 6.92 Å². The van der Waals surface area contributed by atoms with E-state index in [0.29, 0.717) is 24.3 Å². The van der Waals surface area contributed by atoms with Crippen LogP contribution in [0.4, 0.5) is 0 Å². The maximum absolute atomic E-state index is 13.1. The fraction of sp³-hybridized carbons (Fsp3) is 0.222. The Hall–Kier alpha value is -4.13. The molecule has 34 heavy (non-hydrogen) atoms. The highest BCUT2D eigenvalue weighted by Gasteiger charge is 2.21. The van der Waals surface area contributed by atoms with Gasteiger partial charge in [0.1, 0.15) is 11.5 Å². The zero-order chi connectivity index (χ0) is 23.9. The predicted molar refractivity (Wildman–Crippen MR) is 128 cm³/mol. The number of furan rings is 1. The van der Waals surface area contributed by atoms with Gasteiger partial charge in [-0.05, 0) is 48.2 Å². The summed E-state index contributed by atoms with van der Waals surface area (Å²) in [5.41, 5.74) is 3.27. The lowest BCUT2D eigenvalue weighted by Crippen LogP contribution is -2.35. The lowest BCUT2D eigenvalue weighted by Gasteiger charge is -2.18. The first-order chi connectivity index (χ1) is 16.5. The summed E-state index contributed by atoms with van der Waals surface area (Å²) in [6.45, 7) is 3.37. The fourth-order valence-electron chi connectivity index (χ4n) is 3.92. The van der Waals surface area contributed by atoms with E-state index in [-0.39, 0.29) is 24.1 Å². The van der Waals surface area contributed by atoms with Crippen molar-refractivity contribution in [2.45, 2.75) is 32.9 Å². The van der Waals surface area contributed by atoms with Gasteiger partial charge in [0, 0.05) is 37.7 Å². The Kier molecular flexibility index (Phi) is 7.22. The summed E-state index contributed by atoms with van der Waals surface area (Å²) in [5.74, 6) is -0.214. The molecule has 3 amide bonds. The molecule has 1 saturated heterocycles. The highest BCUT2D eigenvalue weighted by molar-refractivity contribution is 6.05. The van der Waals surface area contributed by atoms with Crippen molar-refractivity contribution in [3.8, 4) is 0 Å². The molecule has 2 N–H and O–H groups in total. The minimum Gasteiger partial charge on any atom is -0.465 e. The van der Waals surface area contributed by atoms with Gasteiger partial charge in [0.05, 0.1) is 6.26 Å². The lowest BCUT2D eigenvalue weighted by atomic mass is 10.1. The van der Waals surface area contributed by atoms with Gasteiger partial charge in [-0.2, -0.15) is 0 Å². The van der Waals surface area contributed by atoms with E-state index < -0.39 is 5.91 Å². The van der Waals surface area contributed by atoms with Gasteiger partial charge in [0.15, 0.2) is 0 Å². The molecule has 174 valence electrons. The Morgan fingerprint density at radius 2 is 1.79 bits per heavy atom. The van der Waals surface area contributed by atoms with Crippen LogP contribution in [0.2, 0.25) is 0 Å². The molecule has 1 fully saturated rings. The molecule has 1 aliphatic rings. The molecule has 0 radical (unpaired) electrons. The number of nitrogens with one attached hydrogen (secondary N) is 2. The van der Waals surface area contributed by atoms with E-state index in [0.717, 1.165) is 29.7 Å². The van der Waals surface area contributed by atoms with Crippen LogP contribution in [0.25, 0.3) is 6.08 Å². The molecule has 7 nitrogen and oxygen atoms in total. The van der Waals surface area contributed by atoms with Crippen LogP contribution < -0.4 is 10.6 Å². The summed E-state index contributed by atoms with van der Waals surface area (Å²) in [6.07, 6.45) is 4.46. The number of hydrogen-bond donors (Lipinski definition) is 2. The Bertz CT molecular complexity index is 1210. The third-order valence-corrected chi connectivity index (χ3v) is 5.80. The molecular weight excluding hydrogens is 430 g/mol. The van der Waals surface area contributed by atoms with Crippen molar-refractivity contribution in [3.05, 3.63) is 101 Å². The highest BCUT2D eigenvalue weighted by Crippen LogP contribution is 2.17. The Labute approximate surface area is 198 Å². The SMILES string of the molecule is Cc1ccccc1C(=O)N/C(=C\c1ccco1)C(=O)NCc1ccccc1CN1CCCC1=O. The number of carbonyl (C=O) groups is 3. The normalized spacial score (nSPS) is 13.7.